The molecule has 1 aromatic carbocycles. The molecule has 4 nitrogen and oxygen atoms in total. The van der Waals surface area contributed by atoms with E-state index in [-0.39, 0.29) is 6.10 Å². The number of sulfone groups is 1. The number of hydrogen-bond acceptors (Lipinski definition) is 4. The second kappa shape index (κ2) is 5.31. The molecule has 0 spiro atoms. The Morgan fingerprint density at radius 2 is 1.76 bits per heavy atom. The molecule has 0 atom stereocenters. The normalized spacial score (nSPS) is 11.5. The van der Waals surface area contributed by atoms with Crippen molar-refractivity contribution in [3.63, 3.8) is 0 Å². The summed E-state index contributed by atoms with van der Waals surface area (Å²) in [7, 11) is -3.28. The molecule has 0 heterocycles. The van der Waals surface area contributed by atoms with Crippen LogP contribution in [0, 0.1) is 0 Å². The molecule has 0 saturated carbocycles. The molecule has 94 valence electrons. The summed E-state index contributed by atoms with van der Waals surface area (Å²) in [6, 6.07) is 6.47. The third-order valence-corrected chi connectivity index (χ3v) is 2.73. The first-order valence-corrected chi connectivity index (χ1v) is 7.31. The van der Waals surface area contributed by atoms with Crippen LogP contribution in [0.3, 0.4) is 0 Å². The molecule has 0 aromatic heterocycles. The Balaban J connectivity index is 2.77. The average Bonchev–Trinajstić information content (AvgIpc) is 2.15. The van der Waals surface area contributed by atoms with Crippen molar-refractivity contribution < 1.29 is 17.9 Å². The number of carbonyl (C=O) groups is 1. The van der Waals surface area contributed by atoms with Crippen LogP contribution in [-0.2, 0) is 9.84 Å². The van der Waals surface area contributed by atoms with Crippen molar-refractivity contribution in [3.8, 4) is 5.75 Å². The Bertz CT molecular complexity index is 486. The van der Waals surface area contributed by atoms with Crippen LogP contribution in [0.15, 0.2) is 24.3 Å². The van der Waals surface area contributed by atoms with Crippen LogP contribution < -0.4 is 4.74 Å². The summed E-state index contributed by atoms with van der Waals surface area (Å²) < 4.78 is 27.4. The van der Waals surface area contributed by atoms with Gasteiger partial charge in [-0.3, -0.25) is 4.79 Å². The summed E-state index contributed by atoms with van der Waals surface area (Å²) >= 11 is 0. The van der Waals surface area contributed by atoms with Crippen LogP contribution in [-0.4, -0.2) is 32.3 Å². The van der Waals surface area contributed by atoms with Gasteiger partial charge in [-0.05, 0) is 38.1 Å². The zero-order valence-corrected chi connectivity index (χ0v) is 11.0. The first-order chi connectivity index (χ1) is 7.78. The maximum atomic E-state index is 11.6. The van der Waals surface area contributed by atoms with E-state index in [4.69, 9.17) is 4.74 Å². The molecule has 17 heavy (non-hydrogen) atoms. The highest BCUT2D eigenvalue weighted by Crippen LogP contribution is 2.14. The number of benzene rings is 1. The van der Waals surface area contributed by atoms with Gasteiger partial charge >= 0.3 is 0 Å². The van der Waals surface area contributed by atoms with E-state index in [0.717, 1.165) is 6.26 Å². The largest absolute Gasteiger partial charge is 0.491 e. The van der Waals surface area contributed by atoms with Gasteiger partial charge in [-0.1, -0.05) is 0 Å². The van der Waals surface area contributed by atoms with Gasteiger partial charge in [0.05, 0.1) is 6.10 Å². The molecule has 0 amide bonds. The van der Waals surface area contributed by atoms with E-state index in [2.05, 4.69) is 0 Å². The van der Waals surface area contributed by atoms with E-state index in [1.807, 2.05) is 13.8 Å². The fraction of sp³-hybridized carbons (Fsp3) is 0.417. The fourth-order valence-corrected chi connectivity index (χ4v) is 1.96. The lowest BCUT2D eigenvalue weighted by Gasteiger charge is -2.09. The van der Waals surface area contributed by atoms with Crippen LogP contribution >= 0.6 is 0 Å². The Hall–Kier alpha value is -1.36. The molecule has 0 bridgehead atoms. The summed E-state index contributed by atoms with van der Waals surface area (Å²) in [6.45, 7) is 3.81. The van der Waals surface area contributed by atoms with Gasteiger partial charge in [0.2, 0.25) is 0 Å². The van der Waals surface area contributed by atoms with Crippen LogP contribution in [0.25, 0.3) is 0 Å². The molecule has 0 aliphatic heterocycles. The van der Waals surface area contributed by atoms with E-state index in [1.54, 1.807) is 24.3 Å². The molecule has 0 radical (unpaired) electrons. The van der Waals surface area contributed by atoms with Crippen LogP contribution in [0.4, 0.5) is 0 Å². The Labute approximate surface area is 102 Å². The molecule has 0 fully saturated rings. The maximum Gasteiger partial charge on any atom is 0.177 e. The zero-order chi connectivity index (χ0) is 13.1. The van der Waals surface area contributed by atoms with Gasteiger partial charge in [0.25, 0.3) is 0 Å². The highest BCUT2D eigenvalue weighted by atomic mass is 32.2. The van der Waals surface area contributed by atoms with Crippen LogP contribution in [0.2, 0.25) is 0 Å². The number of carbonyl (C=O) groups excluding carboxylic acids is 1. The molecule has 0 N–H and O–H groups in total. The Morgan fingerprint density at radius 3 is 2.18 bits per heavy atom. The number of ketones is 1. The third-order valence-electron chi connectivity index (χ3n) is 1.94. The van der Waals surface area contributed by atoms with Crippen molar-refractivity contribution in [2.24, 2.45) is 0 Å². The van der Waals surface area contributed by atoms with Crippen molar-refractivity contribution in [1.82, 2.24) is 0 Å². The average molecular weight is 256 g/mol. The van der Waals surface area contributed by atoms with E-state index in [9.17, 15) is 13.2 Å². The van der Waals surface area contributed by atoms with Gasteiger partial charge < -0.3 is 4.74 Å². The monoisotopic (exact) mass is 256 g/mol. The van der Waals surface area contributed by atoms with Gasteiger partial charge in [0.15, 0.2) is 15.6 Å². The lowest BCUT2D eigenvalue weighted by Crippen LogP contribution is -2.14. The minimum atomic E-state index is -3.28. The van der Waals surface area contributed by atoms with Crippen molar-refractivity contribution >= 4 is 15.6 Å². The molecule has 0 aliphatic carbocycles. The van der Waals surface area contributed by atoms with Crippen molar-refractivity contribution in [2.45, 2.75) is 20.0 Å². The molecule has 1 aromatic rings. The molecule has 0 aliphatic rings. The molecule has 1 rings (SSSR count). The Kier molecular flexibility index (Phi) is 4.28. The predicted molar refractivity (Wildman–Crippen MR) is 66.2 cm³/mol. The topological polar surface area (TPSA) is 60.4 Å². The number of ether oxygens (including phenoxy) is 1. The van der Waals surface area contributed by atoms with Gasteiger partial charge in [-0.15, -0.1) is 0 Å². The number of rotatable bonds is 5. The smallest absolute Gasteiger partial charge is 0.177 e. The minimum absolute atomic E-state index is 0.0626. The second-order valence-corrected chi connectivity index (χ2v) is 6.32. The van der Waals surface area contributed by atoms with E-state index < -0.39 is 21.4 Å². The van der Waals surface area contributed by atoms with E-state index in [0.29, 0.717) is 11.3 Å². The molecule has 5 heteroatoms. The summed E-state index contributed by atoms with van der Waals surface area (Å²) in [5.74, 6) is -0.197. The van der Waals surface area contributed by atoms with Crippen LogP contribution in [0.1, 0.15) is 24.2 Å². The quantitative estimate of drug-likeness (QED) is 0.752. The van der Waals surface area contributed by atoms with Gasteiger partial charge in [-0.25, -0.2) is 8.42 Å². The zero-order valence-electron chi connectivity index (χ0n) is 10.1. The highest BCUT2D eigenvalue weighted by molar-refractivity contribution is 7.91. The first-order valence-electron chi connectivity index (χ1n) is 5.25. The predicted octanol–water partition coefficient (Wildman–Crippen LogP) is 1.70. The van der Waals surface area contributed by atoms with Gasteiger partial charge in [0, 0.05) is 11.8 Å². The van der Waals surface area contributed by atoms with Gasteiger partial charge in [-0.2, -0.15) is 0 Å². The van der Waals surface area contributed by atoms with Crippen molar-refractivity contribution in [2.75, 3.05) is 12.0 Å². The number of hydrogen-bond donors (Lipinski definition) is 0. The molecular weight excluding hydrogens is 240 g/mol. The molecule has 0 unspecified atom stereocenters. The van der Waals surface area contributed by atoms with Crippen molar-refractivity contribution in [1.29, 1.82) is 0 Å². The first kappa shape index (κ1) is 13.7. The number of Topliss-reactive ketones (excluding diaryl/α,β-unsaturated/α-hetero) is 1. The Morgan fingerprint density at radius 1 is 1.24 bits per heavy atom. The maximum absolute atomic E-state index is 11.6. The lowest BCUT2D eigenvalue weighted by atomic mass is 10.1. The molecular formula is C12H16O4S. The minimum Gasteiger partial charge on any atom is -0.491 e. The SMILES string of the molecule is CC(C)Oc1ccc(C(=O)CS(C)(=O)=O)cc1. The van der Waals surface area contributed by atoms with E-state index >= 15 is 0 Å². The summed E-state index contributed by atoms with van der Waals surface area (Å²) in [5, 5.41) is 0. The highest BCUT2D eigenvalue weighted by Gasteiger charge is 2.13. The van der Waals surface area contributed by atoms with Gasteiger partial charge in [0.1, 0.15) is 11.5 Å². The van der Waals surface area contributed by atoms with E-state index in [1.165, 1.54) is 0 Å². The standard InChI is InChI=1S/C12H16O4S/c1-9(2)16-11-6-4-10(5-7-11)12(13)8-17(3,14)15/h4-7,9H,8H2,1-3H3. The fourth-order valence-electron chi connectivity index (χ4n) is 1.31. The summed E-state index contributed by atoms with van der Waals surface area (Å²) in [6.07, 6.45) is 1.11. The van der Waals surface area contributed by atoms with Crippen LogP contribution in [0.5, 0.6) is 5.75 Å². The summed E-state index contributed by atoms with van der Waals surface area (Å²) in [5.41, 5.74) is 0.381. The third kappa shape index (κ3) is 4.99. The van der Waals surface area contributed by atoms with Crippen molar-refractivity contribution in [3.05, 3.63) is 29.8 Å². The second-order valence-electron chi connectivity index (χ2n) is 4.18. The molecule has 0 saturated heterocycles. The lowest BCUT2D eigenvalue weighted by molar-refractivity contribution is 0.102. The summed E-state index contributed by atoms with van der Waals surface area (Å²) in [4.78, 5) is 11.6.